The first kappa shape index (κ1) is 23.0. The third-order valence-electron chi connectivity index (χ3n) is 5.35. The Balaban J connectivity index is 1.69. The topological polar surface area (TPSA) is 111 Å². The van der Waals surface area contributed by atoms with Crippen molar-refractivity contribution in [1.29, 1.82) is 0 Å². The summed E-state index contributed by atoms with van der Waals surface area (Å²) in [6, 6.07) is 5.66. The standard InChI is InChI=1S/C21H17F4N5O4/c1-34-15-7-13(6-14(8-15)30(32)33)27-20(31)16-10-26-29-18(21(23,24)25)9-17(28-19(16)29)11-2-4-12(22)5-3-11/h2-8,10,17-18,28H,9H2,1H3,(H,27,31). The van der Waals surface area contributed by atoms with Crippen LogP contribution in [0.25, 0.3) is 0 Å². The second-order valence-corrected chi connectivity index (χ2v) is 7.52. The number of nitrogens with one attached hydrogen (secondary N) is 2. The maximum absolute atomic E-state index is 13.8. The monoisotopic (exact) mass is 479 g/mol. The fourth-order valence-corrected chi connectivity index (χ4v) is 3.72. The Bertz CT molecular complexity index is 1240. The summed E-state index contributed by atoms with van der Waals surface area (Å²) in [4.78, 5) is 23.4. The van der Waals surface area contributed by atoms with E-state index in [-0.39, 0.29) is 28.5 Å². The summed E-state index contributed by atoms with van der Waals surface area (Å²) in [5, 5.41) is 20.2. The van der Waals surface area contributed by atoms with Crippen molar-refractivity contribution in [2.75, 3.05) is 17.7 Å². The molecule has 3 aromatic rings. The summed E-state index contributed by atoms with van der Waals surface area (Å²) in [6.45, 7) is 0. The minimum Gasteiger partial charge on any atom is -0.496 e. The Labute approximate surface area is 189 Å². The van der Waals surface area contributed by atoms with Gasteiger partial charge in [-0.2, -0.15) is 18.3 Å². The Morgan fingerprint density at radius 2 is 1.97 bits per heavy atom. The van der Waals surface area contributed by atoms with Crippen LogP contribution >= 0.6 is 0 Å². The maximum atomic E-state index is 13.8. The molecule has 0 saturated heterocycles. The molecular formula is C21H17F4N5O4. The van der Waals surface area contributed by atoms with Gasteiger partial charge in [0.25, 0.3) is 11.6 Å². The lowest BCUT2D eigenvalue weighted by molar-refractivity contribution is -0.384. The van der Waals surface area contributed by atoms with Crippen molar-refractivity contribution < 1.29 is 32.0 Å². The SMILES string of the molecule is COc1cc(NC(=O)c2cnn3c2NC(c2ccc(F)cc2)CC3C(F)(F)F)cc([N+](=O)[O-])c1. The number of rotatable bonds is 5. The molecule has 9 nitrogen and oxygen atoms in total. The Hall–Kier alpha value is -4.16. The molecule has 2 heterocycles. The van der Waals surface area contributed by atoms with Gasteiger partial charge in [-0.05, 0) is 17.7 Å². The fourth-order valence-electron chi connectivity index (χ4n) is 3.72. The molecule has 1 amide bonds. The molecule has 2 unspecified atom stereocenters. The van der Waals surface area contributed by atoms with Crippen molar-refractivity contribution in [3.63, 3.8) is 0 Å². The predicted octanol–water partition coefficient (Wildman–Crippen LogP) is 4.85. The van der Waals surface area contributed by atoms with Gasteiger partial charge in [0.15, 0.2) is 6.04 Å². The summed E-state index contributed by atoms with van der Waals surface area (Å²) < 4.78 is 60.4. The van der Waals surface area contributed by atoms with Crippen molar-refractivity contribution in [1.82, 2.24) is 9.78 Å². The molecule has 0 aliphatic carbocycles. The molecule has 0 radical (unpaired) electrons. The van der Waals surface area contributed by atoms with E-state index in [9.17, 15) is 32.5 Å². The van der Waals surface area contributed by atoms with Crippen LogP contribution in [-0.2, 0) is 0 Å². The van der Waals surface area contributed by atoms with E-state index >= 15 is 0 Å². The summed E-state index contributed by atoms with van der Waals surface area (Å²) in [7, 11) is 1.29. The van der Waals surface area contributed by atoms with Crippen LogP contribution < -0.4 is 15.4 Å². The lowest BCUT2D eigenvalue weighted by Crippen LogP contribution is -2.36. The molecule has 2 atom stereocenters. The zero-order valence-electron chi connectivity index (χ0n) is 17.5. The van der Waals surface area contributed by atoms with E-state index in [4.69, 9.17) is 4.74 Å². The normalized spacial score (nSPS) is 17.4. The molecule has 0 fully saturated rings. The van der Waals surface area contributed by atoms with E-state index < -0.39 is 41.3 Å². The predicted molar refractivity (Wildman–Crippen MR) is 112 cm³/mol. The van der Waals surface area contributed by atoms with Gasteiger partial charge in [-0.3, -0.25) is 14.9 Å². The van der Waals surface area contributed by atoms with E-state index in [0.29, 0.717) is 10.2 Å². The van der Waals surface area contributed by atoms with Crippen LogP contribution in [0.4, 0.5) is 34.8 Å². The first-order chi connectivity index (χ1) is 16.1. The Kier molecular flexibility index (Phi) is 5.85. The number of nitrogens with zero attached hydrogens (tertiary/aromatic N) is 3. The minimum absolute atomic E-state index is 0.00858. The van der Waals surface area contributed by atoms with E-state index in [1.54, 1.807) is 0 Å². The smallest absolute Gasteiger partial charge is 0.410 e. The number of nitro groups is 1. The quantitative estimate of drug-likeness (QED) is 0.307. The summed E-state index contributed by atoms with van der Waals surface area (Å²) in [5.74, 6) is -1.45. The van der Waals surface area contributed by atoms with Gasteiger partial charge in [-0.1, -0.05) is 12.1 Å². The van der Waals surface area contributed by atoms with Crippen LogP contribution in [0, 0.1) is 15.9 Å². The number of non-ortho nitro benzene ring substituents is 1. The molecule has 4 rings (SSSR count). The second-order valence-electron chi connectivity index (χ2n) is 7.52. The number of methoxy groups -OCH3 is 1. The number of nitro benzene ring substituents is 1. The number of amides is 1. The van der Waals surface area contributed by atoms with Crippen molar-refractivity contribution >= 4 is 23.1 Å². The molecule has 13 heteroatoms. The van der Waals surface area contributed by atoms with Gasteiger partial charge in [-0.25, -0.2) is 9.07 Å². The molecule has 34 heavy (non-hydrogen) atoms. The van der Waals surface area contributed by atoms with Gasteiger partial charge in [0.05, 0.1) is 36.0 Å². The fraction of sp³-hybridized carbons (Fsp3) is 0.238. The highest BCUT2D eigenvalue weighted by atomic mass is 19.4. The Morgan fingerprint density at radius 3 is 2.59 bits per heavy atom. The van der Waals surface area contributed by atoms with Crippen LogP contribution in [0.15, 0.2) is 48.7 Å². The highest BCUT2D eigenvalue weighted by Crippen LogP contribution is 2.44. The lowest BCUT2D eigenvalue weighted by atomic mass is 9.96. The van der Waals surface area contributed by atoms with E-state index in [0.717, 1.165) is 30.5 Å². The first-order valence-electron chi connectivity index (χ1n) is 9.88. The molecule has 0 spiro atoms. The number of benzene rings is 2. The highest BCUT2D eigenvalue weighted by molar-refractivity contribution is 6.07. The van der Waals surface area contributed by atoms with Crippen LogP contribution in [0.1, 0.15) is 34.4 Å². The number of halogens is 4. The van der Waals surface area contributed by atoms with E-state index in [2.05, 4.69) is 15.7 Å². The number of carbonyl (C=O) groups excluding carboxylic acids is 1. The third-order valence-corrected chi connectivity index (χ3v) is 5.35. The number of anilines is 2. The van der Waals surface area contributed by atoms with Crippen molar-refractivity contribution in [2.45, 2.75) is 24.7 Å². The van der Waals surface area contributed by atoms with Gasteiger partial charge < -0.3 is 15.4 Å². The second kappa shape index (κ2) is 8.65. The molecule has 1 aliphatic rings. The average Bonchev–Trinajstić information content (AvgIpc) is 3.22. The summed E-state index contributed by atoms with van der Waals surface area (Å²) in [6.07, 6.45) is -4.10. The molecule has 0 bridgehead atoms. The van der Waals surface area contributed by atoms with Crippen LogP contribution in [-0.4, -0.2) is 33.9 Å². The van der Waals surface area contributed by atoms with Gasteiger partial charge in [0.1, 0.15) is 22.9 Å². The number of hydrogen-bond donors (Lipinski definition) is 2. The van der Waals surface area contributed by atoms with Crippen molar-refractivity contribution in [3.05, 3.63) is 75.7 Å². The summed E-state index contributed by atoms with van der Waals surface area (Å²) in [5.41, 5.74) is -0.142. The molecule has 178 valence electrons. The number of fused-ring (bicyclic) bond motifs is 1. The number of aromatic nitrogens is 2. The number of alkyl halides is 3. The molecule has 0 saturated carbocycles. The maximum Gasteiger partial charge on any atom is 0.410 e. The van der Waals surface area contributed by atoms with Crippen LogP contribution in [0.5, 0.6) is 5.75 Å². The van der Waals surface area contributed by atoms with E-state index in [1.807, 2.05) is 0 Å². The van der Waals surface area contributed by atoms with Crippen LogP contribution in [0.2, 0.25) is 0 Å². The first-order valence-corrected chi connectivity index (χ1v) is 9.88. The molecule has 1 aliphatic heterocycles. The van der Waals surface area contributed by atoms with Gasteiger partial charge in [0, 0.05) is 18.6 Å². The third kappa shape index (κ3) is 4.49. The molecular weight excluding hydrogens is 462 g/mol. The number of hydrogen-bond acceptors (Lipinski definition) is 6. The number of ether oxygens (including phenoxy) is 1. The minimum atomic E-state index is -4.66. The van der Waals surface area contributed by atoms with E-state index in [1.165, 1.54) is 25.3 Å². The summed E-state index contributed by atoms with van der Waals surface area (Å²) >= 11 is 0. The number of carbonyl (C=O) groups is 1. The average molecular weight is 479 g/mol. The molecule has 1 aromatic heterocycles. The zero-order chi connectivity index (χ0) is 24.6. The van der Waals surface area contributed by atoms with Crippen molar-refractivity contribution in [2.24, 2.45) is 0 Å². The van der Waals surface area contributed by atoms with Crippen molar-refractivity contribution in [3.8, 4) is 5.75 Å². The largest absolute Gasteiger partial charge is 0.496 e. The van der Waals surface area contributed by atoms with Gasteiger partial charge >= 0.3 is 6.18 Å². The lowest BCUT2D eigenvalue weighted by Gasteiger charge is -2.34. The van der Waals surface area contributed by atoms with Gasteiger partial charge in [-0.15, -0.1) is 0 Å². The highest BCUT2D eigenvalue weighted by Gasteiger charge is 2.47. The zero-order valence-corrected chi connectivity index (χ0v) is 17.5. The molecule has 2 aromatic carbocycles. The van der Waals surface area contributed by atoms with Crippen LogP contribution in [0.3, 0.4) is 0 Å². The Morgan fingerprint density at radius 1 is 1.26 bits per heavy atom. The molecule has 2 N–H and O–H groups in total. The van der Waals surface area contributed by atoms with Gasteiger partial charge in [0.2, 0.25) is 0 Å².